The zero-order valence-electron chi connectivity index (χ0n) is 17.8. The molecule has 0 bridgehead atoms. The fourth-order valence-electron chi connectivity index (χ4n) is 3.59. The lowest BCUT2D eigenvalue weighted by Gasteiger charge is -2.31. The number of benzene rings is 3. The number of sulfonamides is 1. The average molecular weight is 486 g/mol. The highest BCUT2D eigenvalue weighted by atomic mass is 35.5. The van der Waals surface area contributed by atoms with Crippen molar-refractivity contribution in [3.63, 3.8) is 0 Å². The minimum atomic E-state index is -3.97. The van der Waals surface area contributed by atoms with Crippen molar-refractivity contribution in [3.8, 4) is 0 Å². The SMILES string of the molecule is CCCC1=NS(=O)(=O)c2cc(NC(=O)c3ccccc3Cl)ccc2N1Cc1ccc(F)cc1. The number of nitrogens with one attached hydrogen (secondary N) is 1. The minimum Gasteiger partial charge on any atom is -0.323 e. The lowest BCUT2D eigenvalue weighted by molar-refractivity contribution is 0.102. The van der Waals surface area contributed by atoms with E-state index in [2.05, 4.69) is 9.71 Å². The number of hydrogen-bond donors (Lipinski definition) is 1. The van der Waals surface area contributed by atoms with Crippen LogP contribution < -0.4 is 10.2 Å². The second-order valence-corrected chi connectivity index (χ2v) is 9.54. The Kier molecular flexibility index (Phi) is 6.49. The van der Waals surface area contributed by atoms with Crippen molar-refractivity contribution in [1.82, 2.24) is 0 Å². The molecule has 0 aromatic heterocycles. The van der Waals surface area contributed by atoms with Crippen LogP contribution in [0, 0.1) is 5.82 Å². The summed E-state index contributed by atoms with van der Waals surface area (Å²) in [5, 5.41) is 2.99. The molecule has 6 nitrogen and oxygen atoms in total. The van der Waals surface area contributed by atoms with E-state index in [1.165, 1.54) is 18.2 Å². The van der Waals surface area contributed by atoms with Gasteiger partial charge in [0.2, 0.25) is 0 Å². The van der Waals surface area contributed by atoms with Gasteiger partial charge in [0.25, 0.3) is 15.9 Å². The van der Waals surface area contributed by atoms with Gasteiger partial charge in [0, 0.05) is 18.7 Å². The monoisotopic (exact) mass is 485 g/mol. The van der Waals surface area contributed by atoms with Gasteiger partial charge in [0.15, 0.2) is 0 Å². The van der Waals surface area contributed by atoms with Crippen LogP contribution in [0.2, 0.25) is 5.02 Å². The second-order valence-electron chi connectivity index (χ2n) is 7.56. The van der Waals surface area contributed by atoms with E-state index in [1.807, 2.05) is 11.8 Å². The van der Waals surface area contributed by atoms with Crippen molar-refractivity contribution in [2.45, 2.75) is 31.2 Å². The Hall–Kier alpha value is -3.23. The highest BCUT2D eigenvalue weighted by Gasteiger charge is 2.31. The number of rotatable bonds is 6. The van der Waals surface area contributed by atoms with E-state index < -0.39 is 15.9 Å². The largest absolute Gasteiger partial charge is 0.323 e. The van der Waals surface area contributed by atoms with Gasteiger partial charge in [-0.3, -0.25) is 4.79 Å². The lowest BCUT2D eigenvalue weighted by Crippen LogP contribution is -2.35. The smallest absolute Gasteiger partial charge is 0.286 e. The molecule has 1 N–H and O–H groups in total. The van der Waals surface area contributed by atoms with Crippen LogP contribution in [0.25, 0.3) is 0 Å². The molecule has 1 heterocycles. The van der Waals surface area contributed by atoms with Gasteiger partial charge in [-0.25, -0.2) is 4.39 Å². The first kappa shape index (κ1) is 22.9. The highest BCUT2D eigenvalue weighted by molar-refractivity contribution is 7.90. The fourth-order valence-corrected chi connectivity index (χ4v) is 5.10. The number of nitrogens with zero attached hydrogens (tertiary/aromatic N) is 2. The molecule has 0 saturated heterocycles. The Balaban J connectivity index is 1.70. The molecule has 1 aliphatic rings. The van der Waals surface area contributed by atoms with Crippen molar-refractivity contribution < 1.29 is 17.6 Å². The molecule has 0 atom stereocenters. The van der Waals surface area contributed by atoms with Crippen molar-refractivity contribution >= 4 is 44.7 Å². The summed E-state index contributed by atoms with van der Waals surface area (Å²) in [6.45, 7) is 2.26. The van der Waals surface area contributed by atoms with E-state index in [9.17, 15) is 17.6 Å². The molecular weight excluding hydrogens is 465 g/mol. The molecule has 0 radical (unpaired) electrons. The van der Waals surface area contributed by atoms with Crippen molar-refractivity contribution in [3.05, 3.63) is 88.7 Å². The first-order valence-electron chi connectivity index (χ1n) is 10.3. The summed E-state index contributed by atoms with van der Waals surface area (Å²) in [5.41, 5.74) is 1.84. The van der Waals surface area contributed by atoms with Gasteiger partial charge in [0.05, 0.1) is 16.3 Å². The van der Waals surface area contributed by atoms with Crippen LogP contribution in [-0.4, -0.2) is 20.2 Å². The topological polar surface area (TPSA) is 78.8 Å². The van der Waals surface area contributed by atoms with Crippen LogP contribution >= 0.6 is 11.6 Å². The molecule has 0 aliphatic carbocycles. The van der Waals surface area contributed by atoms with Gasteiger partial charge in [-0.05, 0) is 54.4 Å². The zero-order chi connectivity index (χ0) is 23.6. The molecule has 9 heteroatoms. The van der Waals surface area contributed by atoms with Crippen molar-refractivity contribution in [2.75, 3.05) is 10.2 Å². The van der Waals surface area contributed by atoms with E-state index in [0.29, 0.717) is 41.6 Å². The lowest BCUT2D eigenvalue weighted by atomic mass is 10.1. The Bertz CT molecular complexity index is 1340. The summed E-state index contributed by atoms with van der Waals surface area (Å²) < 4.78 is 43.3. The van der Waals surface area contributed by atoms with E-state index in [-0.39, 0.29) is 16.3 Å². The number of amides is 1. The number of carbonyl (C=O) groups excluding carboxylic acids is 1. The van der Waals surface area contributed by atoms with Gasteiger partial charge in [-0.15, -0.1) is 4.40 Å². The molecule has 33 heavy (non-hydrogen) atoms. The Labute approximate surface area is 196 Å². The summed E-state index contributed by atoms with van der Waals surface area (Å²) in [6, 6.07) is 17.3. The molecular formula is C24H21ClFN3O3S. The number of amidine groups is 1. The normalized spacial score (nSPS) is 14.4. The van der Waals surface area contributed by atoms with Crippen molar-refractivity contribution in [2.24, 2.45) is 4.40 Å². The Morgan fingerprint density at radius 2 is 1.82 bits per heavy atom. The highest BCUT2D eigenvalue weighted by Crippen LogP contribution is 2.36. The number of anilines is 2. The Morgan fingerprint density at radius 1 is 1.09 bits per heavy atom. The average Bonchev–Trinajstić information content (AvgIpc) is 2.78. The summed E-state index contributed by atoms with van der Waals surface area (Å²) >= 11 is 6.09. The standard InChI is InChI=1S/C24H21ClFN3O3S/c1-2-5-23-28-33(31,32)22-14-18(27-24(30)19-6-3-4-7-20(19)25)12-13-21(22)29(23)15-16-8-10-17(26)11-9-16/h3-4,6-14H,2,5,15H2,1H3,(H,27,30). The van der Waals surface area contributed by atoms with Gasteiger partial charge >= 0.3 is 0 Å². The van der Waals surface area contributed by atoms with Crippen LogP contribution in [0.1, 0.15) is 35.7 Å². The van der Waals surface area contributed by atoms with Gasteiger partial charge in [-0.2, -0.15) is 8.42 Å². The van der Waals surface area contributed by atoms with Crippen molar-refractivity contribution in [1.29, 1.82) is 0 Å². The number of halogens is 2. The molecule has 170 valence electrons. The number of fused-ring (bicyclic) bond motifs is 1. The van der Waals surface area contributed by atoms with E-state index in [4.69, 9.17) is 11.6 Å². The van der Waals surface area contributed by atoms with Crippen LogP contribution in [-0.2, 0) is 16.6 Å². The van der Waals surface area contributed by atoms with Gasteiger partial charge < -0.3 is 10.2 Å². The van der Waals surface area contributed by atoms with E-state index in [0.717, 1.165) is 5.56 Å². The Morgan fingerprint density at radius 3 is 2.52 bits per heavy atom. The number of hydrogen-bond acceptors (Lipinski definition) is 4. The third kappa shape index (κ3) is 4.91. The maximum atomic E-state index is 13.3. The first-order chi connectivity index (χ1) is 15.8. The molecule has 4 rings (SSSR count). The maximum Gasteiger partial charge on any atom is 0.286 e. The quantitative estimate of drug-likeness (QED) is 0.490. The third-order valence-electron chi connectivity index (χ3n) is 5.17. The summed E-state index contributed by atoms with van der Waals surface area (Å²) in [7, 11) is -3.97. The second kappa shape index (κ2) is 9.33. The molecule has 3 aromatic carbocycles. The molecule has 0 saturated carbocycles. The third-order valence-corrected chi connectivity index (χ3v) is 6.83. The van der Waals surface area contributed by atoms with Gasteiger partial charge in [-0.1, -0.05) is 42.8 Å². The van der Waals surface area contributed by atoms with Gasteiger partial charge in [0.1, 0.15) is 16.5 Å². The number of carbonyl (C=O) groups is 1. The van der Waals surface area contributed by atoms with E-state index >= 15 is 0 Å². The molecule has 3 aromatic rings. The van der Waals surface area contributed by atoms with Crippen LogP contribution in [0.15, 0.2) is 76.0 Å². The van der Waals surface area contributed by atoms with Crippen LogP contribution in [0.3, 0.4) is 0 Å². The summed E-state index contributed by atoms with van der Waals surface area (Å²) in [5.74, 6) is -0.379. The van der Waals surface area contributed by atoms with E-state index in [1.54, 1.807) is 48.5 Å². The minimum absolute atomic E-state index is 0.0126. The zero-order valence-corrected chi connectivity index (χ0v) is 19.3. The molecule has 0 fully saturated rings. The molecule has 0 unspecified atom stereocenters. The van der Waals surface area contributed by atoms with Crippen LogP contribution in [0.4, 0.5) is 15.8 Å². The summed E-state index contributed by atoms with van der Waals surface area (Å²) in [6.07, 6.45) is 1.17. The maximum absolute atomic E-state index is 13.3. The van der Waals surface area contributed by atoms with Crippen LogP contribution in [0.5, 0.6) is 0 Å². The summed E-state index contributed by atoms with van der Waals surface area (Å²) in [4.78, 5) is 14.4. The predicted molar refractivity (Wildman–Crippen MR) is 128 cm³/mol. The molecule has 1 amide bonds. The fraction of sp³-hybridized carbons (Fsp3) is 0.167. The molecule has 0 spiro atoms. The molecule has 1 aliphatic heterocycles. The predicted octanol–water partition coefficient (Wildman–Crippen LogP) is 5.64. The first-order valence-corrected chi connectivity index (χ1v) is 12.2.